The van der Waals surface area contributed by atoms with Crippen LogP contribution in [0.3, 0.4) is 0 Å². The van der Waals surface area contributed by atoms with E-state index in [0.29, 0.717) is 18.7 Å². The Hall–Kier alpha value is -1.56. The van der Waals surface area contributed by atoms with Gasteiger partial charge in [0.2, 0.25) is 5.91 Å². The van der Waals surface area contributed by atoms with E-state index in [9.17, 15) is 19.1 Å². The molecule has 0 aliphatic carbocycles. The normalized spacial score (nSPS) is 21.5. The van der Waals surface area contributed by atoms with E-state index in [1.807, 2.05) is 0 Å². The lowest BCUT2D eigenvalue weighted by Crippen LogP contribution is -2.51. The highest BCUT2D eigenvalue weighted by Gasteiger charge is 2.45. The molecule has 0 bridgehead atoms. The van der Waals surface area contributed by atoms with Crippen molar-refractivity contribution in [3.8, 4) is 0 Å². The number of nitrogens with zero attached hydrogens (tertiary/aromatic N) is 1. The Labute approximate surface area is 127 Å². The van der Waals surface area contributed by atoms with Crippen LogP contribution in [0.1, 0.15) is 25.3 Å². The van der Waals surface area contributed by atoms with Gasteiger partial charge in [-0.05, 0) is 37.5 Å². The van der Waals surface area contributed by atoms with Crippen molar-refractivity contribution in [1.82, 2.24) is 4.90 Å². The number of carboxylic acids is 1. The summed E-state index contributed by atoms with van der Waals surface area (Å²) < 4.78 is 12.8. The fourth-order valence-electron chi connectivity index (χ4n) is 2.50. The lowest BCUT2D eigenvalue weighted by atomic mass is 9.99. The molecule has 6 heteroatoms. The molecule has 1 amide bonds. The molecular formula is C15H18FNO3S. The van der Waals surface area contributed by atoms with Crippen molar-refractivity contribution in [2.24, 2.45) is 0 Å². The van der Waals surface area contributed by atoms with Crippen molar-refractivity contribution < 1.29 is 19.1 Å². The number of likely N-dealkylation sites (tertiary alicyclic amines) is 1. The van der Waals surface area contributed by atoms with E-state index in [2.05, 4.69) is 0 Å². The predicted molar refractivity (Wildman–Crippen MR) is 79.5 cm³/mol. The van der Waals surface area contributed by atoms with Gasteiger partial charge in [-0.1, -0.05) is 12.1 Å². The smallest absolute Gasteiger partial charge is 0.329 e. The van der Waals surface area contributed by atoms with Crippen LogP contribution in [-0.4, -0.2) is 39.7 Å². The second kappa shape index (κ2) is 6.47. The van der Waals surface area contributed by atoms with E-state index in [0.717, 1.165) is 12.0 Å². The Kier molecular flexibility index (Phi) is 4.88. The molecule has 0 radical (unpaired) electrons. The molecule has 2 rings (SSSR count). The fourth-order valence-corrected chi connectivity index (χ4v) is 3.36. The third-order valence-electron chi connectivity index (χ3n) is 3.81. The van der Waals surface area contributed by atoms with E-state index in [1.165, 1.54) is 28.8 Å². The highest BCUT2D eigenvalue weighted by molar-refractivity contribution is 7.99. The molecule has 114 valence electrons. The molecule has 1 atom stereocenters. The number of amides is 1. The van der Waals surface area contributed by atoms with Gasteiger partial charge in [0, 0.05) is 12.3 Å². The molecule has 1 aromatic carbocycles. The first-order valence-corrected chi connectivity index (χ1v) is 7.95. The minimum Gasteiger partial charge on any atom is -0.480 e. The minimum absolute atomic E-state index is 0.149. The molecular weight excluding hydrogens is 293 g/mol. The molecule has 1 aliphatic heterocycles. The van der Waals surface area contributed by atoms with Crippen molar-refractivity contribution in [3.05, 3.63) is 35.6 Å². The van der Waals surface area contributed by atoms with E-state index in [-0.39, 0.29) is 17.5 Å². The Morgan fingerprint density at radius 1 is 1.38 bits per heavy atom. The number of benzene rings is 1. The number of aliphatic carboxylic acids is 1. The third-order valence-corrected chi connectivity index (χ3v) is 4.80. The maximum atomic E-state index is 12.8. The quantitative estimate of drug-likeness (QED) is 0.908. The number of rotatable bonds is 5. The van der Waals surface area contributed by atoms with Crippen LogP contribution < -0.4 is 0 Å². The summed E-state index contributed by atoms with van der Waals surface area (Å²) in [6.07, 6.45) is 1.22. The molecule has 0 spiro atoms. The summed E-state index contributed by atoms with van der Waals surface area (Å²) in [5.41, 5.74) is -0.135. The number of hydrogen-bond acceptors (Lipinski definition) is 3. The van der Waals surface area contributed by atoms with Crippen molar-refractivity contribution in [2.75, 3.05) is 12.3 Å². The van der Waals surface area contributed by atoms with E-state index in [1.54, 1.807) is 19.1 Å². The molecule has 1 saturated heterocycles. The SMILES string of the molecule is CC1(C(=O)O)CCCN1C(=O)CSCc1ccc(F)cc1. The molecule has 0 saturated carbocycles. The summed E-state index contributed by atoms with van der Waals surface area (Å²) in [5.74, 6) is -0.542. The summed E-state index contributed by atoms with van der Waals surface area (Å²) >= 11 is 1.41. The van der Waals surface area contributed by atoms with Gasteiger partial charge < -0.3 is 10.0 Å². The van der Waals surface area contributed by atoms with Crippen molar-refractivity contribution in [2.45, 2.75) is 31.1 Å². The maximum absolute atomic E-state index is 12.8. The lowest BCUT2D eigenvalue weighted by Gasteiger charge is -2.31. The van der Waals surface area contributed by atoms with Gasteiger partial charge in [-0.3, -0.25) is 4.79 Å². The number of carbonyl (C=O) groups excluding carboxylic acids is 1. The first-order valence-electron chi connectivity index (χ1n) is 6.79. The summed E-state index contributed by atoms with van der Waals surface area (Å²) in [6, 6.07) is 6.15. The second-order valence-electron chi connectivity index (χ2n) is 5.35. The third kappa shape index (κ3) is 3.56. The zero-order chi connectivity index (χ0) is 15.5. The minimum atomic E-state index is -1.08. The van der Waals surface area contributed by atoms with Crippen LogP contribution in [0, 0.1) is 5.82 Å². The van der Waals surface area contributed by atoms with Crippen molar-refractivity contribution in [1.29, 1.82) is 0 Å². The van der Waals surface area contributed by atoms with Gasteiger partial charge in [0.25, 0.3) is 0 Å². The molecule has 1 aromatic rings. The number of halogens is 1. The summed E-state index contributed by atoms with van der Waals surface area (Å²) in [5, 5.41) is 9.29. The molecule has 0 aromatic heterocycles. The average Bonchev–Trinajstić information content (AvgIpc) is 2.84. The van der Waals surface area contributed by atoms with E-state index >= 15 is 0 Å². The number of carboxylic acid groups (broad SMARTS) is 1. The molecule has 1 heterocycles. The van der Waals surface area contributed by atoms with Crippen LogP contribution in [-0.2, 0) is 15.3 Å². The number of hydrogen-bond donors (Lipinski definition) is 1. The van der Waals surface area contributed by atoms with Gasteiger partial charge in [0.1, 0.15) is 11.4 Å². The highest BCUT2D eigenvalue weighted by Crippen LogP contribution is 2.30. The summed E-state index contributed by atoms with van der Waals surface area (Å²) in [7, 11) is 0. The van der Waals surface area contributed by atoms with Crippen LogP contribution >= 0.6 is 11.8 Å². The molecule has 1 aliphatic rings. The first-order chi connectivity index (χ1) is 9.93. The number of thioether (sulfide) groups is 1. The van der Waals surface area contributed by atoms with Gasteiger partial charge in [-0.25, -0.2) is 9.18 Å². The van der Waals surface area contributed by atoms with Gasteiger partial charge in [-0.15, -0.1) is 11.8 Å². The second-order valence-corrected chi connectivity index (χ2v) is 6.33. The molecule has 4 nitrogen and oxygen atoms in total. The lowest BCUT2D eigenvalue weighted by molar-refractivity contribution is -0.154. The Morgan fingerprint density at radius 3 is 2.67 bits per heavy atom. The summed E-state index contributed by atoms with van der Waals surface area (Å²) in [4.78, 5) is 25.0. The highest BCUT2D eigenvalue weighted by atomic mass is 32.2. The van der Waals surface area contributed by atoms with E-state index in [4.69, 9.17) is 0 Å². The van der Waals surface area contributed by atoms with E-state index < -0.39 is 11.5 Å². The predicted octanol–water partition coefficient (Wildman–Crippen LogP) is 2.52. The largest absolute Gasteiger partial charge is 0.480 e. The van der Waals surface area contributed by atoms with Gasteiger partial charge in [0.15, 0.2) is 0 Å². The molecule has 1 unspecified atom stereocenters. The van der Waals surface area contributed by atoms with Crippen LogP contribution in [0.5, 0.6) is 0 Å². The van der Waals surface area contributed by atoms with Gasteiger partial charge >= 0.3 is 5.97 Å². The Morgan fingerprint density at radius 2 is 2.05 bits per heavy atom. The Bertz CT molecular complexity index is 534. The zero-order valence-electron chi connectivity index (χ0n) is 11.8. The topological polar surface area (TPSA) is 57.6 Å². The van der Waals surface area contributed by atoms with Crippen molar-refractivity contribution in [3.63, 3.8) is 0 Å². The molecule has 21 heavy (non-hydrogen) atoms. The van der Waals surface area contributed by atoms with Gasteiger partial charge in [-0.2, -0.15) is 0 Å². The van der Waals surface area contributed by atoms with Gasteiger partial charge in [0.05, 0.1) is 5.75 Å². The zero-order valence-corrected chi connectivity index (χ0v) is 12.7. The van der Waals surface area contributed by atoms with Crippen LogP contribution in [0.4, 0.5) is 4.39 Å². The monoisotopic (exact) mass is 311 g/mol. The standard InChI is InChI=1S/C15H18FNO3S/c1-15(14(19)20)7-2-8-17(15)13(18)10-21-9-11-3-5-12(16)6-4-11/h3-6H,2,7-10H2,1H3,(H,19,20). The fraction of sp³-hybridized carbons (Fsp3) is 0.467. The van der Waals surface area contributed by atoms with Crippen LogP contribution in [0.15, 0.2) is 24.3 Å². The average molecular weight is 311 g/mol. The Balaban J connectivity index is 1.87. The number of carbonyl (C=O) groups is 2. The van der Waals surface area contributed by atoms with Crippen LogP contribution in [0.25, 0.3) is 0 Å². The maximum Gasteiger partial charge on any atom is 0.329 e. The molecule has 1 fully saturated rings. The first kappa shape index (κ1) is 15.8. The van der Waals surface area contributed by atoms with Crippen LogP contribution in [0.2, 0.25) is 0 Å². The van der Waals surface area contributed by atoms with Crippen molar-refractivity contribution >= 4 is 23.6 Å². The molecule has 1 N–H and O–H groups in total. The summed E-state index contributed by atoms with van der Waals surface area (Å²) in [6.45, 7) is 2.10.